The number of halogens is 1. The molecule has 0 fully saturated rings. The van der Waals surface area contributed by atoms with Gasteiger partial charge < -0.3 is 4.74 Å². The van der Waals surface area contributed by atoms with Gasteiger partial charge in [-0.2, -0.15) is 0 Å². The summed E-state index contributed by atoms with van der Waals surface area (Å²) >= 11 is 5.88. The Morgan fingerprint density at radius 2 is 1.89 bits per heavy atom. The van der Waals surface area contributed by atoms with E-state index in [2.05, 4.69) is 0 Å². The molecule has 2 rings (SSSR count). The minimum Gasteiger partial charge on any atom is -0.496 e. The highest BCUT2D eigenvalue weighted by Crippen LogP contribution is 2.24. The van der Waals surface area contributed by atoms with Crippen LogP contribution in [-0.2, 0) is 6.42 Å². The van der Waals surface area contributed by atoms with E-state index < -0.39 is 0 Å². The van der Waals surface area contributed by atoms with Crippen LogP contribution in [0.1, 0.15) is 22.3 Å². The number of rotatable bonds is 5. The SMILES string of the molecule is COc1cc(Cl)ccc1C(=O)CCc1ccccc1. The normalized spacial score (nSPS) is 10.2. The first-order chi connectivity index (χ1) is 9.20. The van der Waals surface area contributed by atoms with E-state index in [1.54, 1.807) is 25.3 Å². The lowest BCUT2D eigenvalue weighted by molar-refractivity contribution is 0.0980. The molecular formula is C16H15ClO2. The van der Waals surface area contributed by atoms with Crippen molar-refractivity contribution < 1.29 is 9.53 Å². The summed E-state index contributed by atoms with van der Waals surface area (Å²) < 4.78 is 5.19. The van der Waals surface area contributed by atoms with Gasteiger partial charge >= 0.3 is 0 Å². The molecule has 0 aliphatic heterocycles. The van der Waals surface area contributed by atoms with Crippen molar-refractivity contribution in [1.82, 2.24) is 0 Å². The molecule has 2 aromatic rings. The summed E-state index contributed by atoms with van der Waals surface area (Å²) in [5.74, 6) is 0.600. The third-order valence-corrected chi connectivity index (χ3v) is 3.18. The molecule has 0 saturated heterocycles. The van der Waals surface area contributed by atoms with Crippen LogP contribution in [0.15, 0.2) is 48.5 Å². The number of benzene rings is 2. The molecule has 0 radical (unpaired) electrons. The molecule has 0 spiro atoms. The zero-order valence-corrected chi connectivity index (χ0v) is 11.5. The average molecular weight is 275 g/mol. The summed E-state index contributed by atoms with van der Waals surface area (Å²) in [5, 5.41) is 0.566. The van der Waals surface area contributed by atoms with Crippen molar-refractivity contribution in [3.8, 4) is 5.75 Å². The summed E-state index contributed by atoms with van der Waals surface area (Å²) in [7, 11) is 1.54. The van der Waals surface area contributed by atoms with E-state index in [1.807, 2.05) is 30.3 Å². The quantitative estimate of drug-likeness (QED) is 0.765. The average Bonchev–Trinajstić information content (AvgIpc) is 2.45. The van der Waals surface area contributed by atoms with Gasteiger partial charge in [0.15, 0.2) is 5.78 Å². The molecule has 0 aliphatic rings. The highest BCUT2D eigenvalue weighted by molar-refractivity contribution is 6.30. The van der Waals surface area contributed by atoms with Crippen LogP contribution >= 0.6 is 11.6 Å². The van der Waals surface area contributed by atoms with E-state index in [4.69, 9.17) is 16.3 Å². The van der Waals surface area contributed by atoms with E-state index in [-0.39, 0.29) is 5.78 Å². The maximum atomic E-state index is 12.2. The molecule has 2 nitrogen and oxygen atoms in total. The van der Waals surface area contributed by atoms with Gasteiger partial charge in [0.2, 0.25) is 0 Å². The summed E-state index contributed by atoms with van der Waals surface area (Å²) in [5.41, 5.74) is 1.74. The van der Waals surface area contributed by atoms with Crippen molar-refractivity contribution in [3.63, 3.8) is 0 Å². The zero-order chi connectivity index (χ0) is 13.7. The Bertz CT molecular complexity index is 564. The summed E-state index contributed by atoms with van der Waals surface area (Å²) in [6, 6.07) is 15.0. The van der Waals surface area contributed by atoms with E-state index in [0.29, 0.717) is 22.8 Å². The lowest BCUT2D eigenvalue weighted by atomic mass is 10.0. The van der Waals surface area contributed by atoms with Crippen molar-refractivity contribution in [2.24, 2.45) is 0 Å². The van der Waals surface area contributed by atoms with Crippen LogP contribution < -0.4 is 4.74 Å². The number of Topliss-reactive ketones (excluding diaryl/α,β-unsaturated/α-hetero) is 1. The fraction of sp³-hybridized carbons (Fsp3) is 0.188. The molecule has 3 heteroatoms. The number of hydrogen-bond acceptors (Lipinski definition) is 2. The standard InChI is InChI=1S/C16H15ClO2/c1-19-16-11-13(17)8-9-14(16)15(18)10-7-12-5-3-2-4-6-12/h2-6,8-9,11H,7,10H2,1H3. The van der Waals surface area contributed by atoms with Gasteiger partial charge in [0, 0.05) is 11.4 Å². The van der Waals surface area contributed by atoms with Gasteiger partial charge in [-0.05, 0) is 30.2 Å². The predicted octanol–water partition coefficient (Wildman–Crippen LogP) is 4.16. The number of carbonyl (C=O) groups excluding carboxylic acids is 1. The molecule has 0 N–H and O–H groups in total. The number of methoxy groups -OCH3 is 1. The summed E-state index contributed by atoms with van der Waals surface area (Å²) in [6.45, 7) is 0. The number of ether oxygens (including phenoxy) is 1. The second kappa shape index (κ2) is 6.39. The first-order valence-electron chi connectivity index (χ1n) is 6.11. The van der Waals surface area contributed by atoms with Crippen molar-refractivity contribution in [2.45, 2.75) is 12.8 Å². The third-order valence-electron chi connectivity index (χ3n) is 2.95. The fourth-order valence-electron chi connectivity index (χ4n) is 1.93. The maximum Gasteiger partial charge on any atom is 0.166 e. The molecule has 0 atom stereocenters. The number of ketones is 1. The van der Waals surface area contributed by atoms with Gasteiger partial charge in [-0.15, -0.1) is 0 Å². The molecule has 0 heterocycles. The smallest absolute Gasteiger partial charge is 0.166 e. The first-order valence-corrected chi connectivity index (χ1v) is 6.49. The van der Waals surface area contributed by atoms with Gasteiger partial charge in [-0.1, -0.05) is 41.9 Å². The van der Waals surface area contributed by atoms with Crippen LogP contribution in [0.25, 0.3) is 0 Å². The molecule has 19 heavy (non-hydrogen) atoms. The third kappa shape index (κ3) is 3.58. The minimum absolute atomic E-state index is 0.0670. The highest BCUT2D eigenvalue weighted by Gasteiger charge is 2.12. The minimum atomic E-state index is 0.0670. The van der Waals surface area contributed by atoms with Gasteiger partial charge in [-0.3, -0.25) is 4.79 Å². The Labute approximate surface area is 118 Å². The first kappa shape index (κ1) is 13.6. The monoisotopic (exact) mass is 274 g/mol. The number of hydrogen-bond donors (Lipinski definition) is 0. The fourth-order valence-corrected chi connectivity index (χ4v) is 2.09. The Morgan fingerprint density at radius 3 is 2.58 bits per heavy atom. The van der Waals surface area contributed by atoms with Gasteiger partial charge in [0.1, 0.15) is 5.75 Å². The maximum absolute atomic E-state index is 12.2. The molecule has 0 amide bonds. The molecule has 0 aromatic heterocycles. The molecule has 0 bridgehead atoms. The molecule has 0 aliphatic carbocycles. The van der Waals surface area contributed by atoms with Gasteiger partial charge in [-0.25, -0.2) is 0 Å². The van der Waals surface area contributed by atoms with Crippen LogP contribution in [0.5, 0.6) is 5.75 Å². The van der Waals surface area contributed by atoms with Crippen molar-refractivity contribution in [1.29, 1.82) is 0 Å². The molecule has 98 valence electrons. The lowest BCUT2D eigenvalue weighted by Crippen LogP contribution is -2.03. The number of carbonyl (C=O) groups is 1. The molecular weight excluding hydrogens is 260 g/mol. The topological polar surface area (TPSA) is 26.3 Å². The Morgan fingerprint density at radius 1 is 1.16 bits per heavy atom. The lowest BCUT2D eigenvalue weighted by Gasteiger charge is -2.08. The molecule has 0 saturated carbocycles. The second-order valence-electron chi connectivity index (χ2n) is 4.25. The summed E-state index contributed by atoms with van der Waals surface area (Å²) in [6.07, 6.45) is 1.19. The Hall–Kier alpha value is -1.80. The Kier molecular flexibility index (Phi) is 4.58. The van der Waals surface area contributed by atoms with Crippen molar-refractivity contribution >= 4 is 17.4 Å². The van der Waals surface area contributed by atoms with E-state index in [1.165, 1.54) is 0 Å². The molecule has 0 unspecified atom stereocenters. The van der Waals surface area contributed by atoms with Crippen LogP contribution in [-0.4, -0.2) is 12.9 Å². The predicted molar refractivity (Wildman–Crippen MR) is 77.1 cm³/mol. The van der Waals surface area contributed by atoms with Gasteiger partial charge in [0.25, 0.3) is 0 Å². The largest absolute Gasteiger partial charge is 0.496 e. The van der Waals surface area contributed by atoms with Crippen molar-refractivity contribution in [2.75, 3.05) is 7.11 Å². The van der Waals surface area contributed by atoms with E-state index in [9.17, 15) is 4.79 Å². The molecule has 2 aromatic carbocycles. The zero-order valence-electron chi connectivity index (χ0n) is 10.7. The van der Waals surface area contributed by atoms with Crippen LogP contribution in [0.3, 0.4) is 0 Å². The second-order valence-corrected chi connectivity index (χ2v) is 4.69. The van der Waals surface area contributed by atoms with Crippen LogP contribution in [0.4, 0.5) is 0 Å². The highest BCUT2D eigenvalue weighted by atomic mass is 35.5. The Balaban J connectivity index is 2.08. The van der Waals surface area contributed by atoms with Crippen LogP contribution in [0, 0.1) is 0 Å². The summed E-state index contributed by atoms with van der Waals surface area (Å²) in [4.78, 5) is 12.2. The van der Waals surface area contributed by atoms with Crippen molar-refractivity contribution in [3.05, 3.63) is 64.7 Å². The van der Waals surface area contributed by atoms with E-state index in [0.717, 1.165) is 12.0 Å². The number of aryl methyl sites for hydroxylation is 1. The van der Waals surface area contributed by atoms with Crippen LogP contribution in [0.2, 0.25) is 5.02 Å². The van der Waals surface area contributed by atoms with E-state index >= 15 is 0 Å². The van der Waals surface area contributed by atoms with Gasteiger partial charge in [0.05, 0.1) is 12.7 Å².